The number of carbonyl (C=O) groups excluding carboxylic acids is 1. The van der Waals surface area contributed by atoms with Crippen LogP contribution in [0.1, 0.15) is 29.5 Å². The number of amides is 1. The summed E-state index contributed by atoms with van der Waals surface area (Å²) in [4.78, 5) is 23.0. The topological polar surface area (TPSA) is 63.5 Å². The Kier molecular flexibility index (Phi) is 8.39. The quantitative estimate of drug-likeness (QED) is 0.571. The van der Waals surface area contributed by atoms with Crippen molar-refractivity contribution in [1.82, 2.24) is 14.8 Å². The number of halogens is 4. The first-order valence-electron chi connectivity index (χ1n) is 11.0. The number of alkyl halides is 3. The van der Waals surface area contributed by atoms with Crippen LogP contribution in [0.3, 0.4) is 0 Å². The van der Waals surface area contributed by atoms with Crippen LogP contribution in [0, 0.1) is 17.2 Å². The van der Waals surface area contributed by atoms with Gasteiger partial charge in [-0.2, -0.15) is 18.4 Å². The van der Waals surface area contributed by atoms with Crippen molar-refractivity contribution in [2.75, 3.05) is 45.2 Å². The number of aromatic nitrogens is 1. The largest absolute Gasteiger partial charge is 0.417 e. The van der Waals surface area contributed by atoms with Crippen LogP contribution < -0.4 is 4.90 Å². The Balaban J connectivity index is 1.66. The number of hydrogen-bond acceptors (Lipinski definition) is 5. The molecule has 182 valence electrons. The van der Waals surface area contributed by atoms with E-state index in [1.807, 2.05) is 40.9 Å². The molecule has 6 nitrogen and oxygen atoms in total. The minimum Gasteiger partial charge on any atom is -0.355 e. The predicted octanol–water partition coefficient (Wildman–Crippen LogP) is 4.43. The van der Waals surface area contributed by atoms with Gasteiger partial charge in [0.25, 0.3) is 0 Å². The summed E-state index contributed by atoms with van der Waals surface area (Å²) in [5.74, 6) is 0.171. The summed E-state index contributed by atoms with van der Waals surface area (Å²) < 4.78 is 38.7. The Labute approximate surface area is 202 Å². The summed E-state index contributed by atoms with van der Waals surface area (Å²) >= 11 is 6.10. The van der Waals surface area contributed by atoms with Crippen LogP contribution in [0.15, 0.2) is 36.5 Å². The van der Waals surface area contributed by atoms with Crippen LogP contribution in [0.2, 0.25) is 5.02 Å². The van der Waals surface area contributed by atoms with Gasteiger partial charge in [0, 0.05) is 44.8 Å². The standard InChI is InChI=1S/C24H27ClF3N5O/c1-31(2)11-12-33(16-18-5-3-17(14-29)4-6-18)23(34)19-7-9-32(10-8-19)22-21(25)13-20(15-30-22)24(26,27)28/h3-6,13,15,19H,7-12,16H2,1-2H3. The zero-order valence-electron chi connectivity index (χ0n) is 19.1. The normalized spacial score (nSPS) is 14.8. The van der Waals surface area contributed by atoms with Gasteiger partial charge in [-0.15, -0.1) is 0 Å². The highest BCUT2D eigenvalue weighted by molar-refractivity contribution is 6.33. The lowest BCUT2D eigenvalue weighted by Crippen LogP contribution is -2.44. The van der Waals surface area contributed by atoms with Crippen molar-refractivity contribution >= 4 is 23.3 Å². The molecule has 1 amide bonds. The number of likely N-dealkylation sites (N-methyl/N-ethyl adjacent to an activating group) is 1. The number of nitrogens with zero attached hydrogens (tertiary/aromatic N) is 5. The molecular weight excluding hydrogens is 467 g/mol. The molecule has 0 bridgehead atoms. The van der Waals surface area contributed by atoms with Crippen molar-refractivity contribution in [3.63, 3.8) is 0 Å². The highest BCUT2D eigenvalue weighted by Crippen LogP contribution is 2.35. The van der Waals surface area contributed by atoms with E-state index in [2.05, 4.69) is 11.1 Å². The fraction of sp³-hybridized carbons (Fsp3) is 0.458. The minimum atomic E-state index is -4.50. The third kappa shape index (κ3) is 6.61. The van der Waals surface area contributed by atoms with Crippen molar-refractivity contribution < 1.29 is 18.0 Å². The molecule has 0 N–H and O–H groups in total. The van der Waals surface area contributed by atoms with Crippen molar-refractivity contribution in [1.29, 1.82) is 5.26 Å². The summed E-state index contributed by atoms with van der Waals surface area (Å²) in [7, 11) is 3.90. The second kappa shape index (κ2) is 11.1. The van der Waals surface area contributed by atoms with E-state index in [0.29, 0.717) is 56.9 Å². The Hall–Kier alpha value is -2.83. The maximum atomic E-state index is 13.4. The first-order chi connectivity index (χ1) is 16.1. The molecule has 2 aromatic rings. The second-order valence-electron chi connectivity index (χ2n) is 8.66. The van der Waals surface area contributed by atoms with E-state index >= 15 is 0 Å². The molecule has 1 aromatic heterocycles. The summed E-state index contributed by atoms with van der Waals surface area (Å²) in [5, 5.41) is 8.95. The van der Waals surface area contributed by atoms with Gasteiger partial charge in [0.1, 0.15) is 5.82 Å². The number of benzene rings is 1. The number of hydrogen-bond donors (Lipinski definition) is 0. The summed E-state index contributed by atoms with van der Waals surface area (Å²) in [6.07, 6.45) is -2.59. The monoisotopic (exact) mass is 493 g/mol. The molecule has 0 spiro atoms. The van der Waals surface area contributed by atoms with Crippen molar-refractivity contribution in [2.24, 2.45) is 5.92 Å². The van der Waals surface area contributed by atoms with E-state index in [9.17, 15) is 18.0 Å². The smallest absolute Gasteiger partial charge is 0.355 e. The van der Waals surface area contributed by atoms with Gasteiger partial charge in [-0.25, -0.2) is 4.98 Å². The maximum Gasteiger partial charge on any atom is 0.417 e. The maximum absolute atomic E-state index is 13.4. The van der Waals surface area contributed by atoms with Crippen molar-refractivity contribution in [3.05, 3.63) is 58.2 Å². The van der Waals surface area contributed by atoms with Crippen LogP contribution in [0.5, 0.6) is 0 Å². The van der Waals surface area contributed by atoms with E-state index < -0.39 is 11.7 Å². The summed E-state index contributed by atoms with van der Waals surface area (Å²) in [5.41, 5.74) is 0.632. The number of pyridine rings is 1. The van der Waals surface area contributed by atoms with Crippen molar-refractivity contribution in [3.8, 4) is 6.07 Å². The molecule has 1 aromatic carbocycles. The molecule has 3 rings (SSSR count). The Morgan fingerprint density at radius 1 is 1.21 bits per heavy atom. The first kappa shape index (κ1) is 25.8. The van der Waals surface area contributed by atoms with E-state index in [1.165, 1.54) is 0 Å². The fourth-order valence-corrected chi connectivity index (χ4v) is 4.19. The summed E-state index contributed by atoms with van der Waals surface area (Å²) in [6.45, 7) is 2.69. The molecule has 10 heteroatoms. The van der Waals surface area contributed by atoms with Gasteiger partial charge in [0.2, 0.25) is 5.91 Å². The molecule has 0 radical (unpaired) electrons. The molecule has 0 atom stereocenters. The second-order valence-corrected chi connectivity index (χ2v) is 9.07. The Morgan fingerprint density at radius 3 is 2.38 bits per heavy atom. The fourth-order valence-electron chi connectivity index (χ4n) is 3.91. The van der Waals surface area contributed by atoms with Crippen LogP contribution in [0.25, 0.3) is 0 Å². The molecule has 1 aliphatic rings. The molecule has 0 saturated carbocycles. The Morgan fingerprint density at radius 2 is 1.85 bits per heavy atom. The van der Waals surface area contributed by atoms with Gasteiger partial charge in [0.15, 0.2) is 0 Å². The third-order valence-electron chi connectivity index (χ3n) is 5.88. The molecule has 1 saturated heterocycles. The van der Waals surface area contributed by atoms with Crippen molar-refractivity contribution in [2.45, 2.75) is 25.6 Å². The molecule has 1 fully saturated rings. The molecule has 1 aliphatic heterocycles. The average Bonchev–Trinajstić information content (AvgIpc) is 2.81. The molecule has 34 heavy (non-hydrogen) atoms. The van der Waals surface area contributed by atoms with Gasteiger partial charge < -0.3 is 14.7 Å². The van der Waals surface area contributed by atoms with Crippen LogP contribution in [-0.4, -0.2) is 61.0 Å². The molecule has 0 unspecified atom stereocenters. The van der Waals surface area contributed by atoms with Crippen LogP contribution in [0.4, 0.5) is 19.0 Å². The zero-order valence-corrected chi connectivity index (χ0v) is 19.9. The van der Waals surface area contributed by atoms with E-state index in [-0.39, 0.29) is 16.8 Å². The number of anilines is 1. The van der Waals surface area contributed by atoms with Gasteiger partial charge in [0.05, 0.1) is 22.2 Å². The molecule has 0 aliphatic carbocycles. The lowest BCUT2D eigenvalue weighted by molar-refractivity contribution is -0.138. The highest BCUT2D eigenvalue weighted by Gasteiger charge is 2.33. The SMILES string of the molecule is CN(C)CCN(Cc1ccc(C#N)cc1)C(=O)C1CCN(c2ncc(C(F)(F)F)cc2Cl)CC1. The zero-order chi connectivity index (χ0) is 24.9. The summed E-state index contributed by atoms with van der Waals surface area (Å²) in [6, 6.07) is 10.2. The van der Waals surface area contributed by atoms with Gasteiger partial charge in [-0.05, 0) is 50.7 Å². The van der Waals surface area contributed by atoms with E-state index in [4.69, 9.17) is 16.9 Å². The average molecular weight is 494 g/mol. The third-order valence-corrected chi connectivity index (χ3v) is 6.16. The van der Waals surface area contributed by atoms with Gasteiger partial charge in [-0.3, -0.25) is 4.79 Å². The molecule has 2 heterocycles. The van der Waals surface area contributed by atoms with Crippen LogP contribution >= 0.6 is 11.6 Å². The predicted molar refractivity (Wildman–Crippen MR) is 124 cm³/mol. The molecular formula is C24H27ClF3N5O. The van der Waals surface area contributed by atoms with Crippen LogP contribution in [-0.2, 0) is 17.5 Å². The van der Waals surface area contributed by atoms with Gasteiger partial charge in [-0.1, -0.05) is 23.7 Å². The Bertz CT molecular complexity index is 1030. The lowest BCUT2D eigenvalue weighted by atomic mass is 9.95. The number of nitriles is 1. The number of piperidine rings is 1. The minimum absolute atomic E-state index is 0.0481. The first-order valence-corrected chi connectivity index (χ1v) is 11.4. The lowest BCUT2D eigenvalue weighted by Gasteiger charge is -2.35. The van der Waals surface area contributed by atoms with E-state index in [1.54, 1.807) is 12.1 Å². The highest BCUT2D eigenvalue weighted by atomic mass is 35.5. The van der Waals surface area contributed by atoms with E-state index in [0.717, 1.165) is 17.8 Å². The number of carbonyl (C=O) groups is 1. The van der Waals surface area contributed by atoms with Gasteiger partial charge >= 0.3 is 6.18 Å². The number of rotatable bonds is 7.